The first-order chi connectivity index (χ1) is 18.8. The van der Waals surface area contributed by atoms with Crippen molar-refractivity contribution in [3.8, 4) is 11.4 Å². The Balaban J connectivity index is 0.000000704. The maximum atomic E-state index is 13.1. The summed E-state index contributed by atoms with van der Waals surface area (Å²) >= 11 is 0. The fraction of sp³-hybridized carbons (Fsp3) is 0.121. The summed E-state index contributed by atoms with van der Waals surface area (Å²) in [6.45, 7) is 8.00. The van der Waals surface area contributed by atoms with Gasteiger partial charge in [0.1, 0.15) is 11.0 Å². The van der Waals surface area contributed by atoms with Crippen molar-refractivity contribution in [3.05, 3.63) is 119 Å². The minimum atomic E-state index is 0.0467. The molecular weight excluding hydrogens is 468 g/mol. The number of hydrogen-bond donors (Lipinski definition) is 0. The highest BCUT2D eigenvalue weighted by molar-refractivity contribution is 5.96. The van der Waals surface area contributed by atoms with Crippen molar-refractivity contribution in [1.82, 2.24) is 19.6 Å². The first-order valence-electron chi connectivity index (χ1n) is 13.2. The largest absolute Gasteiger partial charge is 0.309 e. The van der Waals surface area contributed by atoms with Crippen LogP contribution in [0.2, 0.25) is 0 Å². The Morgan fingerprint density at radius 3 is 1.79 bits per heavy atom. The first kappa shape index (κ1) is 24.9. The van der Waals surface area contributed by atoms with E-state index in [1.54, 1.807) is 4.80 Å². The fourth-order valence-corrected chi connectivity index (χ4v) is 4.81. The van der Waals surface area contributed by atoms with Crippen LogP contribution in [0.1, 0.15) is 27.7 Å². The molecule has 188 valence electrons. The molecule has 0 fully saturated rings. The molecule has 5 heteroatoms. The standard InChI is InChI=1S/C29H18N4O.2C2H6/c34-29-22-11-3-5-13-26(22)32(27-14-6-4-12-23(27)29)20-16-17-24-25(18-20)31-33(30-24)28-15-7-9-19-8-1-2-10-21(19)28;2*1-2/h1-18H;2*1-2H3. The summed E-state index contributed by atoms with van der Waals surface area (Å²) < 4.78 is 2.13. The normalized spacial score (nSPS) is 10.7. The number of aromatic nitrogens is 4. The van der Waals surface area contributed by atoms with Crippen LogP contribution in [0.15, 0.2) is 114 Å². The molecule has 5 aromatic carbocycles. The summed E-state index contributed by atoms with van der Waals surface area (Å²) in [6.07, 6.45) is 0. The van der Waals surface area contributed by atoms with Crippen LogP contribution in [-0.2, 0) is 0 Å². The van der Waals surface area contributed by atoms with Crippen molar-refractivity contribution in [3.63, 3.8) is 0 Å². The van der Waals surface area contributed by atoms with Gasteiger partial charge in [-0.3, -0.25) is 4.79 Å². The van der Waals surface area contributed by atoms with Crippen molar-refractivity contribution in [2.24, 2.45) is 0 Å². The molecular formula is C33H30N4O. The fourth-order valence-electron chi connectivity index (χ4n) is 4.81. The van der Waals surface area contributed by atoms with Crippen molar-refractivity contribution < 1.29 is 0 Å². The van der Waals surface area contributed by atoms with Crippen LogP contribution in [0.3, 0.4) is 0 Å². The Kier molecular flexibility index (Phi) is 7.00. The summed E-state index contributed by atoms with van der Waals surface area (Å²) in [5.41, 5.74) is 5.26. The average molecular weight is 499 g/mol. The number of fused-ring (bicyclic) bond motifs is 4. The number of para-hydroxylation sites is 2. The molecule has 0 atom stereocenters. The van der Waals surface area contributed by atoms with Gasteiger partial charge in [0.15, 0.2) is 5.43 Å². The van der Waals surface area contributed by atoms with E-state index in [4.69, 9.17) is 10.2 Å². The molecule has 0 saturated carbocycles. The molecule has 0 saturated heterocycles. The third kappa shape index (κ3) is 4.12. The summed E-state index contributed by atoms with van der Waals surface area (Å²) in [5.74, 6) is 0. The van der Waals surface area contributed by atoms with Gasteiger partial charge in [0, 0.05) is 21.8 Å². The van der Waals surface area contributed by atoms with E-state index in [0.717, 1.165) is 44.2 Å². The number of hydrogen-bond acceptors (Lipinski definition) is 3. The molecule has 0 aliphatic rings. The average Bonchev–Trinajstić information content (AvgIpc) is 3.43. The molecule has 0 spiro atoms. The SMILES string of the molecule is CC.CC.O=c1c2ccccc2n(-c2ccc3nn(-c4cccc5ccccc45)nc3c2)c2ccccc12. The molecule has 38 heavy (non-hydrogen) atoms. The predicted molar refractivity (Wildman–Crippen MR) is 160 cm³/mol. The smallest absolute Gasteiger partial charge is 0.197 e. The van der Waals surface area contributed by atoms with Crippen LogP contribution in [0.5, 0.6) is 0 Å². The molecule has 2 heterocycles. The lowest BCUT2D eigenvalue weighted by Crippen LogP contribution is -2.10. The highest BCUT2D eigenvalue weighted by Gasteiger charge is 2.14. The Bertz CT molecular complexity index is 1880. The van der Waals surface area contributed by atoms with Crippen LogP contribution < -0.4 is 5.43 Å². The topological polar surface area (TPSA) is 52.7 Å². The Labute approximate surface area is 221 Å². The van der Waals surface area contributed by atoms with Gasteiger partial charge in [0.2, 0.25) is 0 Å². The van der Waals surface area contributed by atoms with E-state index in [1.807, 2.05) is 119 Å². The molecule has 0 aliphatic heterocycles. The quantitative estimate of drug-likeness (QED) is 0.226. The summed E-state index contributed by atoms with van der Waals surface area (Å²) in [5, 5.41) is 13.2. The lowest BCUT2D eigenvalue weighted by molar-refractivity contribution is 0.771. The maximum Gasteiger partial charge on any atom is 0.197 e. The third-order valence-electron chi connectivity index (χ3n) is 6.38. The second kappa shape index (κ2) is 10.7. The second-order valence-electron chi connectivity index (χ2n) is 8.36. The summed E-state index contributed by atoms with van der Waals surface area (Å²) in [4.78, 5) is 14.8. The Morgan fingerprint density at radius 1 is 0.553 bits per heavy atom. The monoisotopic (exact) mass is 498 g/mol. The van der Waals surface area contributed by atoms with Gasteiger partial charge in [-0.15, -0.1) is 15.0 Å². The zero-order chi connectivity index (χ0) is 26.6. The van der Waals surface area contributed by atoms with E-state index < -0.39 is 0 Å². The number of rotatable bonds is 2. The van der Waals surface area contributed by atoms with E-state index in [-0.39, 0.29) is 5.43 Å². The van der Waals surface area contributed by atoms with Gasteiger partial charge in [-0.25, -0.2) is 0 Å². The van der Waals surface area contributed by atoms with Crippen molar-refractivity contribution >= 4 is 43.6 Å². The van der Waals surface area contributed by atoms with Gasteiger partial charge >= 0.3 is 0 Å². The lowest BCUT2D eigenvalue weighted by Gasteiger charge is -2.15. The molecule has 0 unspecified atom stereocenters. The van der Waals surface area contributed by atoms with Gasteiger partial charge in [-0.1, -0.05) is 88.4 Å². The minimum Gasteiger partial charge on any atom is -0.309 e. The molecule has 7 aromatic rings. The molecule has 5 nitrogen and oxygen atoms in total. The minimum absolute atomic E-state index is 0.0467. The Morgan fingerprint density at radius 2 is 1.11 bits per heavy atom. The molecule has 0 radical (unpaired) electrons. The Hall–Kier alpha value is -4.77. The van der Waals surface area contributed by atoms with Crippen LogP contribution in [-0.4, -0.2) is 19.6 Å². The van der Waals surface area contributed by atoms with Gasteiger partial charge < -0.3 is 4.57 Å². The van der Waals surface area contributed by atoms with Crippen molar-refractivity contribution in [1.29, 1.82) is 0 Å². The molecule has 0 bridgehead atoms. The van der Waals surface area contributed by atoms with Crippen LogP contribution in [0.4, 0.5) is 0 Å². The molecule has 7 rings (SSSR count). The van der Waals surface area contributed by atoms with E-state index in [2.05, 4.69) is 22.8 Å². The highest BCUT2D eigenvalue weighted by atomic mass is 16.1. The second-order valence-corrected chi connectivity index (χ2v) is 8.36. The number of benzene rings is 5. The van der Waals surface area contributed by atoms with Crippen LogP contribution >= 0.6 is 0 Å². The summed E-state index contributed by atoms with van der Waals surface area (Å²) in [6, 6.07) is 35.9. The van der Waals surface area contributed by atoms with Gasteiger partial charge in [-0.05, 0) is 53.9 Å². The van der Waals surface area contributed by atoms with E-state index >= 15 is 0 Å². The number of nitrogens with zero attached hydrogens (tertiary/aromatic N) is 4. The van der Waals surface area contributed by atoms with Gasteiger partial charge in [0.25, 0.3) is 0 Å². The molecule has 0 aliphatic carbocycles. The first-order valence-corrected chi connectivity index (χ1v) is 13.2. The highest BCUT2D eigenvalue weighted by Crippen LogP contribution is 2.27. The van der Waals surface area contributed by atoms with E-state index in [1.165, 1.54) is 0 Å². The molecule has 2 aromatic heterocycles. The predicted octanol–water partition coefficient (Wildman–Crippen LogP) is 8.08. The van der Waals surface area contributed by atoms with Crippen molar-refractivity contribution in [2.75, 3.05) is 0 Å². The molecule has 0 N–H and O–H groups in total. The maximum absolute atomic E-state index is 13.1. The lowest BCUT2D eigenvalue weighted by atomic mass is 10.1. The summed E-state index contributed by atoms with van der Waals surface area (Å²) in [7, 11) is 0. The van der Waals surface area contributed by atoms with Gasteiger partial charge in [-0.2, -0.15) is 0 Å². The van der Waals surface area contributed by atoms with E-state index in [0.29, 0.717) is 10.8 Å². The van der Waals surface area contributed by atoms with Crippen LogP contribution in [0, 0.1) is 0 Å². The number of pyridine rings is 1. The van der Waals surface area contributed by atoms with Crippen molar-refractivity contribution in [2.45, 2.75) is 27.7 Å². The van der Waals surface area contributed by atoms with Gasteiger partial charge in [0.05, 0.1) is 16.7 Å². The van der Waals surface area contributed by atoms with Crippen LogP contribution in [0.25, 0.3) is 55.0 Å². The third-order valence-corrected chi connectivity index (χ3v) is 6.38. The molecule has 0 amide bonds. The van der Waals surface area contributed by atoms with E-state index in [9.17, 15) is 4.79 Å². The zero-order valence-electron chi connectivity index (χ0n) is 22.1. The zero-order valence-corrected chi connectivity index (χ0v) is 22.1.